The summed E-state index contributed by atoms with van der Waals surface area (Å²) >= 11 is 0. The molecule has 0 saturated heterocycles. The fourth-order valence-electron chi connectivity index (χ4n) is 1.53. The van der Waals surface area contributed by atoms with Gasteiger partial charge in [-0.15, -0.1) is 0 Å². The normalized spacial score (nSPS) is 13.7. The van der Waals surface area contributed by atoms with Gasteiger partial charge in [0.1, 0.15) is 5.52 Å². The Morgan fingerprint density at radius 3 is 3.00 bits per heavy atom. The van der Waals surface area contributed by atoms with Crippen LogP contribution in [0, 0.1) is 5.82 Å². The van der Waals surface area contributed by atoms with E-state index in [1.165, 1.54) is 6.07 Å². The van der Waals surface area contributed by atoms with Crippen molar-refractivity contribution in [2.75, 3.05) is 5.43 Å². The monoisotopic (exact) mass is 203 g/mol. The van der Waals surface area contributed by atoms with Crippen molar-refractivity contribution in [3.05, 3.63) is 23.5 Å². The molecule has 0 aliphatic carbocycles. The molecular weight excluding hydrogens is 197 g/mol. The van der Waals surface area contributed by atoms with E-state index in [0.29, 0.717) is 16.8 Å². The molecular formula is C9H6FN5. The molecule has 2 N–H and O–H groups in total. The number of benzene rings is 1. The molecule has 74 valence electrons. The Hall–Kier alpha value is -2.24. The lowest BCUT2D eigenvalue weighted by atomic mass is 10.1. The van der Waals surface area contributed by atoms with Gasteiger partial charge >= 0.3 is 0 Å². The average molecular weight is 203 g/mol. The number of anilines is 1. The highest BCUT2D eigenvalue weighted by Crippen LogP contribution is 2.28. The Bertz CT molecular complexity index is 583. The molecule has 0 atom stereocenters. The predicted octanol–water partition coefficient (Wildman–Crippen LogP) is 1.52. The highest BCUT2D eigenvalue weighted by atomic mass is 19.1. The summed E-state index contributed by atoms with van der Waals surface area (Å²) in [5.41, 5.74) is 4.82. The predicted molar refractivity (Wildman–Crippen MR) is 55.0 cm³/mol. The molecule has 6 heteroatoms. The van der Waals surface area contributed by atoms with Crippen molar-refractivity contribution < 1.29 is 4.39 Å². The van der Waals surface area contributed by atoms with Gasteiger partial charge in [-0.2, -0.15) is 20.5 Å². The number of nitrogens with one attached hydrogen (secondary N) is 2. The maximum absolute atomic E-state index is 13.5. The highest BCUT2D eigenvalue weighted by molar-refractivity contribution is 5.96. The molecule has 3 rings (SSSR count). The molecule has 0 unspecified atom stereocenters. The number of hydrogen-bond donors (Lipinski definition) is 2. The fourth-order valence-corrected chi connectivity index (χ4v) is 1.53. The van der Waals surface area contributed by atoms with Crippen LogP contribution in [0.5, 0.6) is 0 Å². The number of halogens is 1. The van der Waals surface area contributed by atoms with Crippen LogP contribution in [-0.4, -0.2) is 21.6 Å². The van der Waals surface area contributed by atoms with Gasteiger partial charge in [-0.1, -0.05) is 6.08 Å². The molecule has 0 radical (unpaired) electrons. The number of hydrogen-bond acceptors (Lipinski definition) is 4. The van der Waals surface area contributed by atoms with Gasteiger partial charge < -0.3 is 0 Å². The molecule has 1 aromatic carbocycles. The molecule has 2 aromatic rings. The Morgan fingerprint density at radius 2 is 2.07 bits per heavy atom. The Balaban J connectivity index is 2.42. The van der Waals surface area contributed by atoms with Gasteiger partial charge in [0, 0.05) is 11.8 Å². The number of aromatic nitrogens is 3. The highest BCUT2D eigenvalue weighted by Gasteiger charge is 2.14. The summed E-state index contributed by atoms with van der Waals surface area (Å²) < 4.78 is 13.5. The molecule has 0 bridgehead atoms. The molecule has 0 fully saturated rings. The standard InChI is InChI=1S/C9H6FN5/c10-6-4-5-2-1-3-11-12-7(5)9-8(6)13-15-14-9/h1-4,12H,(H,13,14,15). The quantitative estimate of drug-likeness (QED) is 0.682. The van der Waals surface area contributed by atoms with E-state index in [4.69, 9.17) is 0 Å². The van der Waals surface area contributed by atoms with E-state index in [9.17, 15) is 4.39 Å². The number of rotatable bonds is 0. The van der Waals surface area contributed by atoms with E-state index in [0.717, 1.165) is 0 Å². The summed E-state index contributed by atoms with van der Waals surface area (Å²) in [4.78, 5) is 0. The molecule has 1 aliphatic rings. The third kappa shape index (κ3) is 1.11. The van der Waals surface area contributed by atoms with Gasteiger partial charge in [0.05, 0.1) is 5.69 Å². The van der Waals surface area contributed by atoms with Crippen molar-refractivity contribution in [3.63, 3.8) is 0 Å². The van der Waals surface area contributed by atoms with Crippen LogP contribution < -0.4 is 5.43 Å². The van der Waals surface area contributed by atoms with Crippen LogP contribution in [0.15, 0.2) is 17.2 Å². The van der Waals surface area contributed by atoms with E-state index in [2.05, 4.69) is 25.9 Å². The van der Waals surface area contributed by atoms with E-state index < -0.39 is 5.82 Å². The number of hydrazone groups is 1. The molecule has 0 spiro atoms. The minimum absolute atomic E-state index is 0.215. The zero-order valence-electron chi connectivity index (χ0n) is 7.53. The van der Waals surface area contributed by atoms with Crippen molar-refractivity contribution in [1.29, 1.82) is 0 Å². The molecule has 5 nitrogen and oxygen atoms in total. The molecule has 0 saturated carbocycles. The van der Waals surface area contributed by atoms with E-state index >= 15 is 0 Å². The Kier molecular flexibility index (Phi) is 1.55. The van der Waals surface area contributed by atoms with Crippen molar-refractivity contribution in [3.8, 4) is 0 Å². The number of H-pyrrole nitrogens is 1. The first-order chi connectivity index (χ1) is 7.36. The lowest BCUT2D eigenvalue weighted by molar-refractivity contribution is 0.636. The third-order valence-electron chi connectivity index (χ3n) is 2.19. The first-order valence-corrected chi connectivity index (χ1v) is 4.35. The summed E-state index contributed by atoms with van der Waals surface area (Å²) in [6.45, 7) is 0. The summed E-state index contributed by atoms with van der Waals surface area (Å²) in [7, 11) is 0. The first kappa shape index (κ1) is 8.10. The van der Waals surface area contributed by atoms with Gasteiger partial charge in [-0.3, -0.25) is 5.43 Å². The van der Waals surface area contributed by atoms with Crippen molar-refractivity contribution in [2.45, 2.75) is 0 Å². The zero-order valence-corrected chi connectivity index (χ0v) is 7.53. The van der Waals surface area contributed by atoms with Crippen LogP contribution in [-0.2, 0) is 0 Å². The second-order valence-corrected chi connectivity index (χ2v) is 3.09. The van der Waals surface area contributed by atoms with E-state index in [-0.39, 0.29) is 5.52 Å². The van der Waals surface area contributed by atoms with Gasteiger partial charge in [0.2, 0.25) is 0 Å². The first-order valence-electron chi connectivity index (χ1n) is 4.35. The second kappa shape index (κ2) is 2.88. The third-order valence-corrected chi connectivity index (χ3v) is 2.19. The summed E-state index contributed by atoms with van der Waals surface area (Å²) in [6, 6.07) is 1.40. The van der Waals surface area contributed by atoms with Crippen LogP contribution in [0.2, 0.25) is 0 Å². The maximum atomic E-state index is 13.5. The lowest BCUT2D eigenvalue weighted by Gasteiger charge is -2.04. The Morgan fingerprint density at radius 1 is 1.20 bits per heavy atom. The lowest BCUT2D eigenvalue weighted by Crippen LogP contribution is -1.93. The summed E-state index contributed by atoms with van der Waals surface area (Å²) in [6.07, 6.45) is 5.07. The minimum Gasteiger partial charge on any atom is -0.276 e. The molecule has 2 heterocycles. The summed E-state index contributed by atoms with van der Waals surface area (Å²) in [5.74, 6) is -0.397. The maximum Gasteiger partial charge on any atom is 0.153 e. The zero-order chi connectivity index (χ0) is 10.3. The topological polar surface area (TPSA) is 66.0 Å². The van der Waals surface area contributed by atoms with Gasteiger partial charge in [0.15, 0.2) is 11.3 Å². The van der Waals surface area contributed by atoms with Crippen LogP contribution in [0.4, 0.5) is 10.1 Å². The minimum atomic E-state index is -0.397. The van der Waals surface area contributed by atoms with Crippen LogP contribution in [0.25, 0.3) is 17.1 Å². The van der Waals surface area contributed by atoms with Crippen LogP contribution in [0.3, 0.4) is 0 Å². The van der Waals surface area contributed by atoms with Crippen molar-refractivity contribution in [1.82, 2.24) is 15.4 Å². The number of allylic oxidation sites excluding steroid dienone is 1. The smallest absolute Gasteiger partial charge is 0.153 e. The fraction of sp³-hybridized carbons (Fsp3) is 0. The van der Waals surface area contributed by atoms with Crippen molar-refractivity contribution in [2.24, 2.45) is 5.10 Å². The summed E-state index contributed by atoms with van der Waals surface area (Å²) in [5, 5.41) is 13.9. The number of nitrogens with zero attached hydrogens (tertiary/aromatic N) is 3. The number of fused-ring (bicyclic) bond motifs is 3. The molecule has 1 aromatic heterocycles. The molecule has 15 heavy (non-hydrogen) atoms. The van der Waals surface area contributed by atoms with Crippen molar-refractivity contribution >= 4 is 29.0 Å². The van der Waals surface area contributed by atoms with E-state index in [1.807, 2.05) is 0 Å². The van der Waals surface area contributed by atoms with E-state index in [1.54, 1.807) is 18.4 Å². The molecule has 1 aliphatic heterocycles. The van der Waals surface area contributed by atoms with Gasteiger partial charge in [-0.05, 0) is 12.1 Å². The van der Waals surface area contributed by atoms with Crippen LogP contribution >= 0.6 is 0 Å². The molecule has 0 amide bonds. The average Bonchev–Trinajstić information content (AvgIpc) is 2.60. The number of aromatic amines is 1. The van der Waals surface area contributed by atoms with Crippen LogP contribution in [0.1, 0.15) is 5.56 Å². The van der Waals surface area contributed by atoms with Gasteiger partial charge in [-0.25, -0.2) is 4.39 Å². The SMILES string of the molecule is Fc1cc2c(c3n[nH]nc13)NN=CC=C2. The largest absolute Gasteiger partial charge is 0.276 e. The van der Waals surface area contributed by atoms with Gasteiger partial charge in [0.25, 0.3) is 0 Å². The second-order valence-electron chi connectivity index (χ2n) is 3.09. The Labute approximate surface area is 83.7 Å².